The highest BCUT2D eigenvalue weighted by Gasteiger charge is 2.14. The third-order valence-corrected chi connectivity index (χ3v) is 3.76. The molecule has 0 aliphatic carbocycles. The van der Waals surface area contributed by atoms with E-state index in [0.717, 1.165) is 3.57 Å². The van der Waals surface area contributed by atoms with E-state index in [-0.39, 0.29) is 10.6 Å². The molecule has 19 heavy (non-hydrogen) atoms. The van der Waals surface area contributed by atoms with E-state index in [0.29, 0.717) is 10.7 Å². The van der Waals surface area contributed by atoms with Crippen molar-refractivity contribution in [1.82, 2.24) is 0 Å². The highest BCUT2D eigenvalue weighted by Crippen LogP contribution is 2.26. The van der Waals surface area contributed by atoms with Crippen molar-refractivity contribution in [3.05, 3.63) is 61.4 Å². The molecule has 0 bridgehead atoms. The van der Waals surface area contributed by atoms with E-state index in [4.69, 9.17) is 23.2 Å². The van der Waals surface area contributed by atoms with Crippen LogP contribution in [-0.4, -0.2) is 5.91 Å². The SMILES string of the molecule is O=C(Nc1cc(I)ccc1Cl)c1cccc(F)c1Cl. The van der Waals surface area contributed by atoms with E-state index >= 15 is 0 Å². The van der Waals surface area contributed by atoms with Gasteiger partial charge >= 0.3 is 0 Å². The van der Waals surface area contributed by atoms with Crippen LogP contribution >= 0.6 is 45.8 Å². The average molecular weight is 410 g/mol. The molecule has 2 aromatic rings. The molecule has 0 aliphatic heterocycles. The monoisotopic (exact) mass is 409 g/mol. The second-order valence-corrected chi connectivity index (χ2v) is 5.71. The maximum atomic E-state index is 13.3. The predicted octanol–water partition coefficient (Wildman–Crippen LogP) is 4.99. The molecule has 0 heterocycles. The van der Waals surface area contributed by atoms with Gasteiger partial charge < -0.3 is 5.32 Å². The van der Waals surface area contributed by atoms with Gasteiger partial charge in [-0.05, 0) is 52.9 Å². The minimum absolute atomic E-state index is 0.0663. The average Bonchev–Trinajstić information content (AvgIpc) is 2.37. The Balaban J connectivity index is 2.31. The summed E-state index contributed by atoms with van der Waals surface area (Å²) in [7, 11) is 0. The molecule has 0 aliphatic rings. The van der Waals surface area contributed by atoms with Crippen LogP contribution in [0.2, 0.25) is 10.0 Å². The van der Waals surface area contributed by atoms with Crippen LogP contribution in [0.15, 0.2) is 36.4 Å². The van der Waals surface area contributed by atoms with Gasteiger partial charge in [0.2, 0.25) is 0 Å². The van der Waals surface area contributed by atoms with Crippen molar-refractivity contribution >= 4 is 57.4 Å². The number of hydrogen-bond acceptors (Lipinski definition) is 1. The van der Waals surface area contributed by atoms with Crippen molar-refractivity contribution in [1.29, 1.82) is 0 Å². The van der Waals surface area contributed by atoms with E-state index in [1.54, 1.807) is 12.1 Å². The van der Waals surface area contributed by atoms with Crippen molar-refractivity contribution in [3.8, 4) is 0 Å². The summed E-state index contributed by atoms with van der Waals surface area (Å²) in [5.41, 5.74) is 0.524. The lowest BCUT2D eigenvalue weighted by molar-refractivity contribution is 0.102. The summed E-state index contributed by atoms with van der Waals surface area (Å²) in [5, 5.41) is 2.81. The second kappa shape index (κ2) is 6.07. The van der Waals surface area contributed by atoms with Crippen LogP contribution < -0.4 is 5.32 Å². The normalized spacial score (nSPS) is 10.3. The zero-order valence-electron chi connectivity index (χ0n) is 9.38. The zero-order chi connectivity index (χ0) is 14.0. The first-order valence-electron chi connectivity index (χ1n) is 5.19. The lowest BCUT2D eigenvalue weighted by Crippen LogP contribution is -2.13. The van der Waals surface area contributed by atoms with E-state index in [1.165, 1.54) is 18.2 Å². The summed E-state index contributed by atoms with van der Waals surface area (Å²) in [6, 6.07) is 9.26. The van der Waals surface area contributed by atoms with Gasteiger partial charge in [-0.3, -0.25) is 4.79 Å². The Morgan fingerprint density at radius 1 is 1.21 bits per heavy atom. The largest absolute Gasteiger partial charge is 0.321 e. The summed E-state index contributed by atoms with van der Waals surface area (Å²) >= 11 is 13.8. The topological polar surface area (TPSA) is 29.1 Å². The predicted molar refractivity (Wildman–Crippen MR) is 83.5 cm³/mol. The number of carbonyl (C=O) groups excluding carboxylic acids is 1. The van der Waals surface area contributed by atoms with Crippen molar-refractivity contribution in [2.24, 2.45) is 0 Å². The maximum absolute atomic E-state index is 13.3. The molecule has 0 spiro atoms. The van der Waals surface area contributed by atoms with Crippen molar-refractivity contribution in [3.63, 3.8) is 0 Å². The minimum atomic E-state index is -0.636. The van der Waals surface area contributed by atoms with Gasteiger partial charge in [-0.2, -0.15) is 0 Å². The van der Waals surface area contributed by atoms with Gasteiger partial charge in [0.25, 0.3) is 5.91 Å². The van der Waals surface area contributed by atoms with E-state index in [9.17, 15) is 9.18 Å². The quantitative estimate of drug-likeness (QED) is 0.695. The molecule has 2 aromatic carbocycles. The van der Waals surface area contributed by atoms with Crippen molar-refractivity contribution in [2.45, 2.75) is 0 Å². The fourth-order valence-electron chi connectivity index (χ4n) is 1.46. The van der Waals surface area contributed by atoms with Crippen LogP contribution in [0.3, 0.4) is 0 Å². The zero-order valence-corrected chi connectivity index (χ0v) is 13.1. The molecule has 0 radical (unpaired) electrons. The third kappa shape index (κ3) is 3.38. The molecule has 0 saturated heterocycles. The number of rotatable bonds is 2. The van der Waals surface area contributed by atoms with Crippen LogP contribution in [0.5, 0.6) is 0 Å². The summed E-state index contributed by atoms with van der Waals surface area (Å²) in [5.74, 6) is -1.14. The third-order valence-electron chi connectivity index (χ3n) is 2.37. The van der Waals surface area contributed by atoms with E-state index in [1.807, 2.05) is 6.07 Å². The Hall–Kier alpha value is -0.850. The number of anilines is 1. The molecule has 0 unspecified atom stereocenters. The highest BCUT2D eigenvalue weighted by molar-refractivity contribution is 14.1. The van der Waals surface area contributed by atoms with Crippen LogP contribution in [0.1, 0.15) is 10.4 Å². The van der Waals surface area contributed by atoms with Gasteiger partial charge in [0, 0.05) is 3.57 Å². The van der Waals surface area contributed by atoms with Crippen LogP contribution in [-0.2, 0) is 0 Å². The minimum Gasteiger partial charge on any atom is -0.321 e. The summed E-state index contributed by atoms with van der Waals surface area (Å²) in [4.78, 5) is 12.0. The van der Waals surface area contributed by atoms with E-state index in [2.05, 4.69) is 27.9 Å². The Kier molecular flexibility index (Phi) is 4.65. The molecule has 0 fully saturated rings. The molecule has 1 amide bonds. The molecular formula is C13H7Cl2FINO. The number of hydrogen-bond donors (Lipinski definition) is 1. The Labute approximate surface area is 133 Å². The maximum Gasteiger partial charge on any atom is 0.257 e. The molecule has 2 rings (SSSR count). The fraction of sp³-hybridized carbons (Fsp3) is 0. The van der Waals surface area contributed by atoms with Crippen molar-refractivity contribution in [2.75, 3.05) is 5.32 Å². The molecule has 6 heteroatoms. The van der Waals surface area contributed by atoms with Gasteiger partial charge in [-0.25, -0.2) is 4.39 Å². The Morgan fingerprint density at radius 3 is 2.68 bits per heavy atom. The molecule has 2 nitrogen and oxygen atoms in total. The highest BCUT2D eigenvalue weighted by atomic mass is 127. The van der Waals surface area contributed by atoms with Gasteiger partial charge in [0.15, 0.2) is 0 Å². The smallest absolute Gasteiger partial charge is 0.257 e. The molecular weight excluding hydrogens is 403 g/mol. The summed E-state index contributed by atoms with van der Waals surface area (Å²) < 4.78 is 14.2. The van der Waals surface area contributed by atoms with Gasteiger partial charge in [0.1, 0.15) is 5.82 Å². The van der Waals surface area contributed by atoms with Crippen LogP contribution in [0.25, 0.3) is 0 Å². The second-order valence-electron chi connectivity index (χ2n) is 3.68. The Morgan fingerprint density at radius 2 is 1.95 bits per heavy atom. The molecule has 0 atom stereocenters. The number of benzene rings is 2. The van der Waals surface area contributed by atoms with Gasteiger partial charge in [-0.1, -0.05) is 29.3 Å². The number of nitrogens with one attached hydrogen (secondary N) is 1. The summed E-state index contributed by atoms with van der Waals surface area (Å²) in [6.07, 6.45) is 0. The Bertz CT molecular complexity index is 649. The van der Waals surface area contributed by atoms with Gasteiger partial charge in [0.05, 0.1) is 21.3 Å². The van der Waals surface area contributed by atoms with E-state index < -0.39 is 11.7 Å². The van der Waals surface area contributed by atoms with Crippen LogP contribution in [0.4, 0.5) is 10.1 Å². The first-order chi connectivity index (χ1) is 8.99. The fourth-order valence-corrected chi connectivity index (χ4v) is 2.33. The molecule has 0 saturated carbocycles. The van der Waals surface area contributed by atoms with Crippen LogP contribution in [0, 0.1) is 9.39 Å². The first-order valence-corrected chi connectivity index (χ1v) is 7.03. The van der Waals surface area contributed by atoms with Crippen molar-refractivity contribution < 1.29 is 9.18 Å². The number of carbonyl (C=O) groups is 1. The number of halogens is 4. The lowest BCUT2D eigenvalue weighted by atomic mass is 10.2. The van der Waals surface area contributed by atoms with Gasteiger partial charge in [-0.15, -0.1) is 0 Å². The number of amides is 1. The summed E-state index contributed by atoms with van der Waals surface area (Å²) in [6.45, 7) is 0. The lowest BCUT2D eigenvalue weighted by Gasteiger charge is -2.09. The first kappa shape index (κ1) is 14.6. The molecule has 0 aromatic heterocycles. The standard InChI is InChI=1S/C13H7Cl2FINO/c14-9-5-4-7(17)6-11(9)18-13(19)8-2-1-3-10(16)12(8)15/h1-6H,(H,18,19). The molecule has 1 N–H and O–H groups in total. The molecule has 98 valence electrons.